The van der Waals surface area contributed by atoms with Gasteiger partial charge >= 0.3 is 5.97 Å². The summed E-state index contributed by atoms with van der Waals surface area (Å²) >= 11 is 1.37. The van der Waals surface area contributed by atoms with Gasteiger partial charge in [0.15, 0.2) is 0 Å². The van der Waals surface area contributed by atoms with E-state index in [4.69, 9.17) is 4.74 Å². The van der Waals surface area contributed by atoms with Crippen molar-refractivity contribution in [3.8, 4) is 0 Å². The molecule has 3 unspecified atom stereocenters. The fraction of sp³-hybridized carbons (Fsp3) is 0.733. The average molecular weight is 296 g/mol. The van der Waals surface area contributed by atoms with Gasteiger partial charge in [-0.25, -0.2) is 4.79 Å². The van der Waals surface area contributed by atoms with Crippen molar-refractivity contribution in [1.29, 1.82) is 0 Å². The topological polar surface area (TPSA) is 51.2 Å². The molecule has 1 aromatic rings. The molecule has 1 aromatic heterocycles. The fourth-order valence-corrected chi connectivity index (χ4v) is 3.71. The van der Waals surface area contributed by atoms with Gasteiger partial charge < -0.3 is 10.1 Å². The normalized spacial score (nSPS) is 26.3. The van der Waals surface area contributed by atoms with Crippen molar-refractivity contribution >= 4 is 22.5 Å². The molecule has 112 valence electrons. The quantitative estimate of drug-likeness (QED) is 0.857. The van der Waals surface area contributed by atoms with Gasteiger partial charge in [0.1, 0.15) is 10.6 Å². The van der Waals surface area contributed by atoms with Crippen molar-refractivity contribution in [2.45, 2.75) is 53.0 Å². The molecule has 5 heteroatoms. The number of hydrogen-bond acceptors (Lipinski definition) is 5. The van der Waals surface area contributed by atoms with Gasteiger partial charge in [-0.1, -0.05) is 26.7 Å². The van der Waals surface area contributed by atoms with Crippen LogP contribution in [0.15, 0.2) is 0 Å². The van der Waals surface area contributed by atoms with Crippen molar-refractivity contribution in [1.82, 2.24) is 4.37 Å². The molecule has 0 aromatic carbocycles. The van der Waals surface area contributed by atoms with E-state index in [9.17, 15) is 4.79 Å². The highest BCUT2D eigenvalue weighted by molar-refractivity contribution is 7.10. The van der Waals surface area contributed by atoms with Crippen LogP contribution >= 0.6 is 11.5 Å². The molecule has 0 spiro atoms. The standard InChI is InChI=1S/C15H24N2O2S/c1-5-19-15(18)13-11(4)17-20-14(13)16-12-8-6-7-9(2)10(12)3/h9-10,12,16H,5-8H2,1-4H3. The Morgan fingerprint density at radius 1 is 1.45 bits per heavy atom. The Balaban J connectivity index is 2.15. The molecule has 0 aliphatic heterocycles. The van der Waals surface area contributed by atoms with Crippen molar-refractivity contribution in [2.75, 3.05) is 11.9 Å². The Morgan fingerprint density at radius 2 is 2.20 bits per heavy atom. The molecule has 1 N–H and O–H groups in total. The number of nitrogens with zero attached hydrogens (tertiary/aromatic N) is 1. The van der Waals surface area contributed by atoms with E-state index in [0.717, 1.165) is 23.0 Å². The number of carbonyl (C=O) groups is 1. The molecule has 0 amide bonds. The summed E-state index contributed by atoms with van der Waals surface area (Å²) in [7, 11) is 0. The fourth-order valence-electron chi connectivity index (χ4n) is 2.87. The molecule has 0 saturated heterocycles. The van der Waals surface area contributed by atoms with Crippen LogP contribution in [0.4, 0.5) is 5.00 Å². The molecular formula is C15H24N2O2S. The SMILES string of the molecule is CCOC(=O)c1c(C)nsc1NC1CCCC(C)C1C. The zero-order valence-electron chi connectivity index (χ0n) is 12.7. The van der Waals surface area contributed by atoms with Crippen LogP contribution in [-0.4, -0.2) is 23.0 Å². The summed E-state index contributed by atoms with van der Waals surface area (Å²) in [6.45, 7) is 8.68. The molecule has 20 heavy (non-hydrogen) atoms. The Morgan fingerprint density at radius 3 is 2.90 bits per heavy atom. The highest BCUT2D eigenvalue weighted by atomic mass is 32.1. The number of nitrogens with one attached hydrogen (secondary N) is 1. The molecule has 0 radical (unpaired) electrons. The van der Waals surface area contributed by atoms with E-state index < -0.39 is 0 Å². The van der Waals surface area contributed by atoms with Crippen LogP contribution < -0.4 is 5.32 Å². The predicted octanol–water partition coefficient (Wildman–Crippen LogP) is 3.86. The van der Waals surface area contributed by atoms with E-state index in [1.54, 1.807) is 0 Å². The number of esters is 1. The monoisotopic (exact) mass is 296 g/mol. The number of ether oxygens (including phenoxy) is 1. The summed E-state index contributed by atoms with van der Waals surface area (Å²) in [6, 6.07) is 0.423. The van der Waals surface area contributed by atoms with E-state index in [1.807, 2.05) is 13.8 Å². The molecule has 1 heterocycles. The van der Waals surface area contributed by atoms with Gasteiger partial charge in [0.05, 0.1) is 12.3 Å². The zero-order valence-corrected chi connectivity index (χ0v) is 13.5. The maximum atomic E-state index is 12.0. The van der Waals surface area contributed by atoms with Crippen LogP contribution in [-0.2, 0) is 4.74 Å². The van der Waals surface area contributed by atoms with Crippen LogP contribution in [0.5, 0.6) is 0 Å². The van der Waals surface area contributed by atoms with E-state index in [-0.39, 0.29) is 5.97 Å². The molecule has 3 atom stereocenters. The maximum Gasteiger partial charge on any atom is 0.343 e. The Bertz CT molecular complexity index is 472. The maximum absolute atomic E-state index is 12.0. The zero-order chi connectivity index (χ0) is 14.7. The molecule has 1 saturated carbocycles. The second-order valence-electron chi connectivity index (χ2n) is 5.71. The van der Waals surface area contributed by atoms with Gasteiger partial charge in [0, 0.05) is 6.04 Å². The summed E-state index contributed by atoms with van der Waals surface area (Å²) in [6.07, 6.45) is 3.70. The lowest BCUT2D eigenvalue weighted by molar-refractivity contribution is 0.0527. The highest BCUT2D eigenvalue weighted by Gasteiger charge is 2.29. The van der Waals surface area contributed by atoms with Crippen LogP contribution in [0, 0.1) is 18.8 Å². The molecule has 2 rings (SSSR count). The second-order valence-corrected chi connectivity index (χ2v) is 6.48. The molecule has 1 aliphatic carbocycles. The van der Waals surface area contributed by atoms with Crippen molar-refractivity contribution in [2.24, 2.45) is 11.8 Å². The number of rotatable bonds is 4. The number of carbonyl (C=O) groups excluding carboxylic acids is 1. The highest BCUT2D eigenvalue weighted by Crippen LogP contribution is 2.34. The first-order valence-corrected chi connectivity index (χ1v) is 8.21. The van der Waals surface area contributed by atoms with Crippen LogP contribution in [0.25, 0.3) is 0 Å². The van der Waals surface area contributed by atoms with E-state index in [2.05, 4.69) is 23.5 Å². The van der Waals surface area contributed by atoms with E-state index >= 15 is 0 Å². The predicted molar refractivity (Wildman–Crippen MR) is 82.4 cm³/mol. The van der Waals surface area contributed by atoms with Gasteiger partial charge in [0.2, 0.25) is 0 Å². The third-order valence-electron chi connectivity index (χ3n) is 4.37. The Labute approximate surface area is 125 Å². The van der Waals surface area contributed by atoms with Crippen molar-refractivity contribution in [3.05, 3.63) is 11.3 Å². The largest absolute Gasteiger partial charge is 0.462 e. The van der Waals surface area contributed by atoms with Gasteiger partial charge in [-0.05, 0) is 43.6 Å². The first kappa shape index (κ1) is 15.3. The first-order chi connectivity index (χ1) is 9.54. The smallest absolute Gasteiger partial charge is 0.343 e. The molecule has 1 aliphatic rings. The van der Waals surface area contributed by atoms with E-state index in [1.165, 1.54) is 24.4 Å². The summed E-state index contributed by atoms with van der Waals surface area (Å²) in [5, 5.41) is 4.41. The minimum absolute atomic E-state index is 0.266. The molecular weight excluding hydrogens is 272 g/mol. The second kappa shape index (κ2) is 6.57. The van der Waals surface area contributed by atoms with Gasteiger partial charge in [0.25, 0.3) is 0 Å². The minimum Gasteiger partial charge on any atom is -0.462 e. The average Bonchev–Trinajstić information content (AvgIpc) is 2.76. The molecule has 4 nitrogen and oxygen atoms in total. The lowest BCUT2D eigenvalue weighted by Crippen LogP contribution is -2.35. The number of hydrogen-bond donors (Lipinski definition) is 1. The first-order valence-electron chi connectivity index (χ1n) is 7.44. The molecule has 1 fully saturated rings. The molecule has 0 bridgehead atoms. The van der Waals surface area contributed by atoms with Crippen LogP contribution in [0.3, 0.4) is 0 Å². The summed E-state index contributed by atoms with van der Waals surface area (Å²) in [4.78, 5) is 12.0. The van der Waals surface area contributed by atoms with E-state index in [0.29, 0.717) is 24.1 Å². The van der Waals surface area contributed by atoms with Gasteiger partial charge in [-0.3, -0.25) is 0 Å². The lowest BCUT2D eigenvalue weighted by atomic mass is 9.78. The van der Waals surface area contributed by atoms with Gasteiger partial charge in [-0.2, -0.15) is 4.37 Å². The van der Waals surface area contributed by atoms with Crippen LogP contribution in [0.1, 0.15) is 56.1 Å². The Kier molecular flexibility index (Phi) is 5.02. The van der Waals surface area contributed by atoms with Gasteiger partial charge in [-0.15, -0.1) is 0 Å². The summed E-state index contributed by atoms with van der Waals surface area (Å²) in [5.41, 5.74) is 1.37. The van der Waals surface area contributed by atoms with Crippen LogP contribution in [0.2, 0.25) is 0 Å². The Hall–Kier alpha value is -1.10. The third kappa shape index (κ3) is 3.14. The third-order valence-corrected chi connectivity index (χ3v) is 5.24. The minimum atomic E-state index is -0.266. The summed E-state index contributed by atoms with van der Waals surface area (Å²) < 4.78 is 9.44. The summed E-state index contributed by atoms with van der Waals surface area (Å²) in [5.74, 6) is 1.07. The number of anilines is 1. The number of aromatic nitrogens is 1. The number of aryl methyl sites for hydroxylation is 1. The lowest BCUT2D eigenvalue weighted by Gasteiger charge is -2.34. The van der Waals surface area contributed by atoms with Crippen molar-refractivity contribution < 1.29 is 9.53 Å². The van der Waals surface area contributed by atoms with Crippen molar-refractivity contribution in [3.63, 3.8) is 0 Å².